The van der Waals surface area contributed by atoms with Crippen LogP contribution in [0.4, 0.5) is 0 Å². The molecule has 2 saturated carbocycles. The molecule has 3 rings (SSSR count). The SMILES string of the molecule is CC(C)=CCC[C@@]1(C)[C@H](C/C=C(\C)C/C=C/C(C)(C)O)C[C@@]2(CC=C(C)C)C(=O)/C(=C(\O)c3ccc(O)c(O)c3)C(=O)[C@]1(CC=C(C)C)C2=O. The Labute approximate surface area is 298 Å². The summed E-state index contributed by atoms with van der Waals surface area (Å²) in [5.41, 5.74) is -1.52. The van der Waals surface area contributed by atoms with Gasteiger partial charge in [0.05, 0.1) is 11.0 Å². The van der Waals surface area contributed by atoms with E-state index in [1.807, 2.05) is 73.6 Å². The first-order valence-electron chi connectivity index (χ1n) is 17.7. The first kappa shape index (κ1) is 40.5. The first-order valence-corrected chi connectivity index (χ1v) is 17.7. The molecule has 0 aromatic heterocycles. The van der Waals surface area contributed by atoms with Gasteiger partial charge in [0.25, 0.3) is 0 Å². The van der Waals surface area contributed by atoms with Gasteiger partial charge in [-0.1, -0.05) is 65.7 Å². The summed E-state index contributed by atoms with van der Waals surface area (Å²) in [6.45, 7) is 19.1. The number of aromatic hydroxyl groups is 2. The minimum Gasteiger partial charge on any atom is -0.506 e. The lowest BCUT2D eigenvalue weighted by Gasteiger charge is -2.61. The molecule has 0 saturated heterocycles. The second kappa shape index (κ2) is 15.5. The van der Waals surface area contributed by atoms with Crippen LogP contribution in [0.15, 0.2) is 82.5 Å². The van der Waals surface area contributed by atoms with E-state index in [0.717, 1.165) is 28.4 Å². The number of carbonyl (C=O) groups excluding carboxylic acids is 3. The predicted molar refractivity (Wildman–Crippen MR) is 201 cm³/mol. The lowest BCUT2D eigenvalue weighted by molar-refractivity contribution is -0.178. The molecule has 4 N–H and O–H groups in total. The van der Waals surface area contributed by atoms with Crippen LogP contribution in [0.2, 0.25) is 0 Å². The summed E-state index contributed by atoms with van der Waals surface area (Å²) in [5.74, 6) is -3.55. The maximum Gasteiger partial charge on any atom is 0.184 e. The fraction of sp³-hybridized carbons (Fsp3) is 0.512. The van der Waals surface area contributed by atoms with E-state index in [4.69, 9.17) is 0 Å². The number of aliphatic hydroxyl groups is 2. The summed E-state index contributed by atoms with van der Waals surface area (Å²) >= 11 is 0. The van der Waals surface area contributed by atoms with Crippen LogP contribution < -0.4 is 0 Å². The van der Waals surface area contributed by atoms with Gasteiger partial charge in [0.1, 0.15) is 16.7 Å². The molecule has 0 unspecified atom stereocenters. The third-order valence-electron chi connectivity index (χ3n) is 10.7. The molecule has 2 bridgehead atoms. The summed E-state index contributed by atoms with van der Waals surface area (Å²) in [6, 6.07) is 3.65. The molecule has 0 amide bonds. The quantitative estimate of drug-likeness (QED) is 0.0406. The fourth-order valence-electron chi connectivity index (χ4n) is 7.70. The Morgan fingerprint density at radius 2 is 1.46 bits per heavy atom. The van der Waals surface area contributed by atoms with E-state index in [-0.39, 0.29) is 36.5 Å². The summed E-state index contributed by atoms with van der Waals surface area (Å²) in [6.07, 6.45) is 14.4. The third-order valence-corrected chi connectivity index (χ3v) is 10.7. The van der Waals surface area contributed by atoms with Crippen molar-refractivity contribution in [1.82, 2.24) is 0 Å². The number of phenolic OH excluding ortho intramolecular Hbond substituents is 2. The van der Waals surface area contributed by atoms with Crippen LogP contribution in [-0.4, -0.2) is 43.4 Å². The minimum absolute atomic E-state index is 0.000357. The molecule has 50 heavy (non-hydrogen) atoms. The lowest BCUT2D eigenvalue weighted by atomic mass is 9.37. The van der Waals surface area contributed by atoms with Crippen molar-refractivity contribution < 1.29 is 34.8 Å². The number of phenols is 2. The lowest BCUT2D eigenvalue weighted by Crippen LogP contribution is -2.70. The molecule has 0 radical (unpaired) electrons. The number of ketones is 3. The average molecular weight is 687 g/mol. The van der Waals surface area contributed by atoms with Crippen LogP contribution in [0, 0.1) is 22.2 Å². The Bertz CT molecular complexity index is 1680. The van der Waals surface area contributed by atoms with Crippen molar-refractivity contribution in [3.63, 3.8) is 0 Å². The van der Waals surface area contributed by atoms with E-state index < -0.39 is 56.2 Å². The second-order valence-corrected chi connectivity index (χ2v) is 16.1. The van der Waals surface area contributed by atoms with Gasteiger partial charge in [-0.15, -0.1) is 0 Å². The number of aliphatic hydroxyl groups excluding tert-OH is 1. The van der Waals surface area contributed by atoms with Crippen molar-refractivity contribution in [3.8, 4) is 11.5 Å². The number of benzene rings is 1. The zero-order chi connectivity index (χ0) is 37.8. The van der Waals surface area contributed by atoms with E-state index in [2.05, 4.69) is 12.2 Å². The molecule has 272 valence electrons. The zero-order valence-electron chi connectivity index (χ0n) is 31.7. The molecule has 2 fully saturated rings. The van der Waals surface area contributed by atoms with Crippen LogP contribution in [0.1, 0.15) is 120 Å². The Morgan fingerprint density at radius 3 is 2.02 bits per heavy atom. The number of hydrogen-bond acceptors (Lipinski definition) is 7. The van der Waals surface area contributed by atoms with Gasteiger partial charge in [0, 0.05) is 5.56 Å². The summed E-state index contributed by atoms with van der Waals surface area (Å²) < 4.78 is 0. The molecule has 7 heteroatoms. The van der Waals surface area contributed by atoms with E-state index in [0.29, 0.717) is 25.7 Å². The predicted octanol–water partition coefficient (Wildman–Crippen LogP) is 9.60. The highest BCUT2D eigenvalue weighted by molar-refractivity contribution is 6.41. The molecule has 0 heterocycles. The highest BCUT2D eigenvalue weighted by atomic mass is 16.3. The molecular weight excluding hydrogens is 628 g/mol. The van der Waals surface area contributed by atoms with Gasteiger partial charge in [0.15, 0.2) is 28.8 Å². The number of Topliss-reactive ketones (excluding diaryl/α,β-unsaturated/α-hetero) is 3. The van der Waals surface area contributed by atoms with Crippen molar-refractivity contribution in [3.05, 3.63) is 88.1 Å². The van der Waals surface area contributed by atoms with Gasteiger partial charge in [-0.3, -0.25) is 14.4 Å². The molecule has 4 atom stereocenters. The van der Waals surface area contributed by atoms with Crippen LogP contribution in [-0.2, 0) is 14.4 Å². The molecule has 1 aromatic carbocycles. The highest BCUT2D eigenvalue weighted by Gasteiger charge is 2.74. The Hall–Kier alpha value is -3.97. The Morgan fingerprint density at radius 1 is 0.860 bits per heavy atom. The molecule has 1 aromatic rings. The van der Waals surface area contributed by atoms with E-state index in [1.54, 1.807) is 19.9 Å². The van der Waals surface area contributed by atoms with Gasteiger partial charge in [-0.25, -0.2) is 0 Å². The van der Waals surface area contributed by atoms with Crippen molar-refractivity contribution in [2.24, 2.45) is 22.2 Å². The minimum atomic E-state index is -1.67. The number of allylic oxidation sites excluding steroid dienone is 10. The fourth-order valence-corrected chi connectivity index (χ4v) is 7.70. The van der Waals surface area contributed by atoms with Crippen LogP contribution in [0.3, 0.4) is 0 Å². The van der Waals surface area contributed by atoms with Crippen LogP contribution in [0.25, 0.3) is 5.76 Å². The third kappa shape index (κ3) is 8.15. The smallest absolute Gasteiger partial charge is 0.184 e. The van der Waals surface area contributed by atoms with E-state index >= 15 is 9.59 Å². The van der Waals surface area contributed by atoms with Gasteiger partial charge < -0.3 is 20.4 Å². The maximum absolute atomic E-state index is 15.4. The zero-order valence-corrected chi connectivity index (χ0v) is 31.7. The molecule has 2 aliphatic rings. The second-order valence-electron chi connectivity index (χ2n) is 16.1. The van der Waals surface area contributed by atoms with Crippen LogP contribution >= 0.6 is 0 Å². The van der Waals surface area contributed by atoms with Crippen molar-refractivity contribution in [1.29, 1.82) is 0 Å². The van der Waals surface area contributed by atoms with Crippen molar-refractivity contribution >= 4 is 23.1 Å². The molecule has 2 aliphatic carbocycles. The summed E-state index contributed by atoms with van der Waals surface area (Å²) in [7, 11) is 0. The van der Waals surface area contributed by atoms with Crippen LogP contribution in [0.5, 0.6) is 11.5 Å². The Balaban J connectivity index is 2.43. The van der Waals surface area contributed by atoms with E-state index in [9.17, 15) is 25.2 Å². The molecule has 0 aliphatic heterocycles. The maximum atomic E-state index is 15.4. The Kier molecular flexibility index (Phi) is 12.5. The van der Waals surface area contributed by atoms with Crippen molar-refractivity contribution in [2.75, 3.05) is 0 Å². The highest BCUT2D eigenvalue weighted by Crippen LogP contribution is 2.67. The molecule has 0 spiro atoms. The number of hydrogen-bond donors (Lipinski definition) is 4. The number of rotatable bonds is 13. The standard InChI is InChI=1S/C43H58O7/c1-27(2)13-11-22-41(10)32(17-15-30(7)14-12-21-40(8,9)50)26-42(23-19-28(3)4)37(47)35(36(46)31-16-18-33(44)34(45)25-31)38(48)43(41,39(42)49)24-20-29(5)6/h12-13,15-16,18-21,25,32,44-46,50H,11,14,17,22-24,26H2,1-10H3/b21-12+,30-15+,36-35+/t32-,41+,42+,43-/m1/s1. The summed E-state index contributed by atoms with van der Waals surface area (Å²) in [4.78, 5) is 45.6. The topological polar surface area (TPSA) is 132 Å². The molecule has 7 nitrogen and oxygen atoms in total. The normalized spacial score (nSPS) is 26.6. The average Bonchev–Trinajstić information content (AvgIpc) is 3.00. The molecular formula is C43H58O7. The summed E-state index contributed by atoms with van der Waals surface area (Å²) in [5, 5.41) is 42.2. The van der Waals surface area contributed by atoms with Crippen molar-refractivity contribution in [2.45, 2.75) is 120 Å². The largest absolute Gasteiger partial charge is 0.506 e. The number of carbonyl (C=O) groups is 3. The first-order chi connectivity index (χ1) is 23.1. The van der Waals surface area contributed by atoms with Gasteiger partial charge >= 0.3 is 0 Å². The number of fused-ring (bicyclic) bond motifs is 2. The van der Waals surface area contributed by atoms with E-state index in [1.165, 1.54) is 12.1 Å². The van der Waals surface area contributed by atoms with Gasteiger partial charge in [-0.05, 0) is 137 Å². The monoisotopic (exact) mass is 686 g/mol. The van der Waals surface area contributed by atoms with Gasteiger partial charge in [-0.2, -0.15) is 0 Å². The van der Waals surface area contributed by atoms with Gasteiger partial charge in [0.2, 0.25) is 0 Å².